The van der Waals surface area contributed by atoms with E-state index in [9.17, 15) is 24.0 Å². The van der Waals surface area contributed by atoms with Crippen molar-refractivity contribution in [3.05, 3.63) is 89.1 Å². The molecule has 1 saturated carbocycles. The molecule has 6 fully saturated rings. The summed E-state index contributed by atoms with van der Waals surface area (Å²) < 4.78 is 17.9. The molecule has 3 aromatic heterocycles. The lowest BCUT2D eigenvalue weighted by Crippen LogP contribution is -2.58. The number of rotatable bonds is 12. The van der Waals surface area contributed by atoms with E-state index in [1.165, 1.54) is 25.3 Å². The van der Waals surface area contributed by atoms with Gasteiger partial charge in [0.2, 0.25) is 29.5 Å². The van der Waals surface area contributed by atoms with Crippen molar-refractivity contribution in [3.8, 4) is 11.3 Å². The summed E-state index contributed by atoms with van der Waals surface area (Å²) in [4.78, 5) is 107. The molecule has 0 bridgehead atoms. The molecule has 7 aliphatic rings. The number of nitrogens with one attached hydrogen (secondary N) is 3. The highest BCUT2D eigenvalue weighted by molar-refractivity contribution is 6.10. The Hall–Kier alpha value is -7.28. The fourth-order valence-corrected chi connectivity index (χ4v) is 14.2. The Morgan fingerprint density at radius 2 is 1.46 bits per heavy atom. The van der Waals surface area contributed by atoms with E-state index in [1.54, 1.807) is 25.5 Å². The lowest BCUT2D eigenvalue weighted by Gasteiger charge is -2.48. The van der Waals surface area contributed by atoms with Gasteiger partial charge in [-0.1, -0.05) is 24.6 Å². The van der Waals surface area contributed by atoms with Crippen molar-refractivity contribution in [2.45, 2.75) is 154 Å². The van der Waals surface area contributed by atoms with E-state index in [2.05, 4.69) is 61.6 Å². The monoisotopic (exact) mass is 1120 g/mol. The second kappa shape index (κ2) is 22.5. The van der Waals surface area contributed by atoms with Crippen LogP contribution in [0.1, 0.15) is 150 Å². The van der Waals surface area contributed by atoms with Gasteiger partial charge >= 0.3 is 0 Å². The van der Waals surface area contributed by atoms with Crippen LogP contribution in [0, 0.1) is 24.6 Å². The van der Waals surface area contributed by atoms with Gasteiger partial charge in [-0.05, 0) is 165 Å². The van der Waals surface area contributed by atoms with Crippen LogP contribution in [-0.4, -0.2) is 140 Å². The van der Waals surface area contributed by atoms with Crippen LogP contribution in [-0.2, 0) is 29.4 Å². The maximum atomic E-state index is 15.9. The molecule has 6 amide bonds. The first-order valence-electron chi connectivity index (χ1n) is 30.1. The van der Waals surface area contributed by atoms with Gasteiger partial charge in [-0.15, -0.1) is 0 Å². The van der Waals surface area contributed by atoms with Crippen molar-refractivity contribution < 1.29 is 33.2 Å². The number of aromatic nitrogens is 4. The summed E-state index contributed by atoms with van der Waals surface area (Å²) in [5.74, 6) is -0.418. The first kappa shape index (κ1) is 55.3. The Morgan fingerprint density at radius 1 is 0.768 bits per heavy atom. The van der Waals surface area contributed by atoms with E-state index in [0.717, 1.165) is 54.1 Å². The van der Waals surface area contributed by atoms with E-state index < -0.39 is 11.2 Å². The zero-order valence-electron chi connectivity index (χ0n) is 48.0. The van der Waals surface area contributed by atoms with E-state index in [1.807, 2.05) is 52.5 Å². The minimum atomic E-state index is -0.788. The molecule has 432 valence electrons. The van der Waals surface area contributed by atoms with Gasteiger partial charge in [0.25, 0.3) is 5.91 Å². The van der Waals surface area contributed by atoms with Crippen LogP contribution in [0.15, 0.2) is 61.1 Å². The summed E-state index contributed by atoms with van der Waals surface area (Å²) in [6.45, 7) is 15.2. The molecule has 18 nitrogen and oxygen atoms in total. The average Bonchev–Trinajstić information content (AvgIpc) is 2.19. The molecule has 5 saturated heterocycles. The van der Waals surface area contributed by atoms with Crippen LogP contribution in [0.4, 0.5) is 27.4 Å². The number of aryl methyl sites for hydroxylation is 1. The molecular weight excluding hydrogens is 1040 g/mol. The number of pyridine rings is 2. The van der Waals surface area contributed by atoms with Crippen molar-refractivity contribution in [2.24, 2.45) is 11.8 Å². The maximum Gasteiger partial charge on any atom is 0.251 e. The normalized spacial score (nSPS) is 22.7. The number of nitrogens with zero attached hydrogens (tertiary/aromatic N) is 9. The van der Waals surface area contributed by atoms with Crippen molar-refractivity contribution in [1.82, 2.24) is 44.9 Å². The van der Waals surface area contributed by atoms with Crippen LogP contribution in [0.25, 0.3) is 22.3 Å². The number of imidazole rings is 1. The topological polar surface area (TPSA) is 198 Å². The second-order valence-electron chi connectivity index (χ2n) is 24.9. The number of likely N-dealkylation sites (tertiary alicyclic amines) is 3. The first-order chi connectivity index (χ1) is 39.5. The summed E-state index contributed by atoms with van der Waals surface area (Å²) in [6, 6.07) is 15.3. The number of halogens is 1. The number of carbonyl (C=O) groups excluding carboxylic acids is 6. The van der Waals surface area contributed by atoms with E-state index >= 15 is 9.18 Å². The zero-order valence-corrected chi connectivity index (χ0v) is 48.0. The molecule has 6 aliphatic heterocycles. The van der Waals surface area contributed by atoms with Gasteiger partial charge in [0.05, 0.1) is 34.6 Å². The summed E-state index contributed by atoms with van der Waals surface area (Å²) >= 11 is 0. The quantitative estimate of drug-likeness (QED) is 0.101. The molecule has 5 aromatic rings. The van der Waals surface area contributed by atoms with Crippen LogP contribution in [0.5, 0.6) is 0 Å². The molecule has 1 spiro atoms. The molecule has 0 radical (unpaired) electrons. The summed E-state index contributed by atoms with van der Waals surface area (Å²) in [7, 11) is 0. The SMILES string of the molecule is Cc1cc(F)c(Nc2nc(-c3ccc4c(c3)N(C3CC(N5CCCCC5)C3)C(=O)C43CCN(C(=O)C4CCN(C(=O)C5CCN(c6ccc([C@H]7CCC(=O)NC7=O)cn6)CC5)CC4)CC3)cc3ncn(C(C)C)c23)cc1C(=O)NC(C)C. The molecule has 0 unspecified atom stereocenters. The third kappa shape index (κ3) is 10.4. The van der Waals surface area contributed by atoms with Gasteiger partial charge in [0.1, 0.15) is 17.2 Å². The highest BCUT2D eigenvalue weighted by Crippen LogP contribution is 2.52. The Morgan fingerprint density at radius 3 is 2.12 bits per heavy atom. The van der Waals surface area contributed by atoms with E-state index in [4.69, 9.17) is 9.97 Å². The van der Waals surface area contributed by atoms with Gasteiger partial charge in [-0.2, -0.15) is 0 Å². The van der Waals surface area contributed by atoms with Crippen molar-refractivity contribution >= 4 is 69.5 Å². The van der Waals surface area contributed by atoms with Crippen LogP contribution in [0.2, 0.25) is 0 Å². The minimum Gasteiger partial charge on any atom is -0.357 e. The highest BCUT2D eigenvalue weighted by Gasteiger charge is 2.56. The highest BCUT2D eigenvalue weighted by atomic mass is 19.1. The number of carbonyl (C=O) groups is 6. The van der Waals surface area contributed by atoms with Gasteiger partial charge in [-0.25, -0.2) is 19.3 Å². The van der Waals surface area contributed by atoms with Gasteiger partial charge < -0.3 is 39.7 Å². The molecule has 82 heavy (non-hydrogen) atoms. The second-order valence-corrected chi connectivity index (χ2v) is 24.9. The van der Waals surface area contributed by atoms with Crippen molar-refractivity contribution in [1.29, 1.82) is 0 Å². The molecular formula is C63H77FN12O6. The molecule has 1 atom stereocenters. The van der Waals surface area contributed by atoms with Crippen LogP contribution in [0.3, 0.4) is 0 Å². The Kier molecular flexibility index (Phi) is 15.1. The Labute approximate surface area is 479 Å². The average molecular weight is 1120 g/mol. The predicted octanol–water partition coefficient (Wildman–Crippen LogP) is 8.30. The zero-order chi connectivity index (χ0) is 57.1. The van der Waals surface area contributed by atoms with Crippen molar-refractivity contribution in [3.63, 3.8) is 0 Å². The third-order valence-corrected chi connectivity index (χ3v) is 19.1. The number of fused-ring (bicyclic) bond motifs is 3. The Balaban J connectivity index is 0.733. The lowest BCUT2D eigenvalue weighted by atomic mass is 9.73. The smallest absolute Gasteiger partial charge is 0.251 e. The van der Waals surface area contributed by atoms with E-state index in [0.29, 0.717) is 130 Å². The number of hydrogen-bond acceptors (Lipinski definition) is 12. The number of piperidine rings is 5. The molecule has 9 heterocycles. The number of anilines is 4. The molecule has 3 N–H and O–H groups in total. The summed E-state index contributed by atoms with van der Waals surface area (Å²) in [6.07, 6.45) is 13.4. The summed E-state index contributed by atoms with van der Waals surface area (Å²) in [5, 5.41) is 8.63. The lowest BCUT2D eigenvalue weighted by molar-refractivity contribution is -0.144. The predicted molar refractivity (Wildman–Crippen MR) is 311 cm³/mol. The number of hydrogen-bond donors (Lipinski definition) is 3. The molecule has 1 aliphatic carbocycles. The number of imide groups is 1. The Bertz CT molecular complexity index is 3310. The minimum absolute atomic E-state index is 0.0136. The number of benzene rings is 2. The standard InChI is InChI=1S/C63H77FN12O6/c1-37(2)67-59(79)47-33-51(49(64)29-39(47)5)69-57-56-52(66-36-75(56)38(3)4)34-50(68-57)42-9-12-48-53(30-42)76(45-31-44(32-45)71-21-7-6-8-22-71)62(82)63(48)19-27-74(28-20-63)61(81)41-17-25-73(26-18-41)60(80)40-15-23-72(24-16-40)54-13-10-43(35-65-54)46-11-14-55(77)70-58(46)78/h9-10,12-13,29-30,33-38,40-41,44-46H,6-8,11,14-28,31-32H2,1-5H3,(H,67,79)(H,68,69)(H,70,77,78)/t44?,45?,46-/m1/s1. The van der Waals surface area contributed by atoms with Gasteiger partial charge in [0.15, 0.2) is 5.82 Å². The van der Waals surface area contributed by atoms with Gasteiger partial charge in [0, 0.05) is 105 Å². The fraction of sp³-hybridized carbons (Fsp3) is 0.540. The maximum absolute atomic E-state index is 15.9. The van der Waals surface area contributed by atoms with E-state index in [-0.39, 0.29) is 77.0 Å². The fourth-order valence-electron chi connectivity index (χ4n) is 14.2. The van der Waals surface area contributed by atoms with Crippen molar-refractivity contribution in [2.75, 3.05) is 67.5 Å². The number of amides is 6. The van der Waals surface area contributed by atoms with Crippen LogP contribution < -0.4 is 25.8 Å². The van der Waals surface area contributed by atoms with Gasteiger partial charge in [-0.3, -0.25) is 34.1 Å². The molecule has 2 aromatic carbocycles. The molecule has 19 heteroatoms. The largest absolute Gasteiger partial charge is 0.357 e. The molecule has 12 rings (SSSR count). The summed E-state index contributed by atoms with van der Waals surface area (Å²) in [5.41, 5.74) is 5.64. The van der Waals surface area contributed by atoms with Crippen LogP contribution >= 0.6 is 0 Å². The first-order valence-corrected chi connectivity index (χ1v) is 30.1. The third-order valence-electron chi connectivity index (χ3n) is 19.1.